The number of nitrogens with two attached hydrogens (primary N) is 1. The molecule has 1 aliphatic rings. The van der Waals surface area contributed by atoms with Crippen molar-refractivity contribution in [2.24, 2.45) is 5.73 Å². The molecule has 0 bridgehead atoms. The minimum atomic E-state index is 0.116. The number of hydrogen-bond acceptors (Lipinski definition) is 6. The van der Waals surface area contributed by atoms with Gasteiger partial charge in [0.25, 0.3) is 0 Å². The largest absolute Gasteiger partial charge is 0.474 e. The molecule has 0 radical (unpaired) electrons. The Hall–Kier alpha value is -1.40. The number of rotatable bonds is 6. The lowest BCUT2D eigenvalue weighted by molar-refractivity contribution is 0.231. The Kier molecular flexibility index (Phi) is 6.20. The highest BCUT2D eigenvalue weighted by molar-refractivity contribution is 5.37. The Morgan fingerprint density at radius 2 is 2.10 bits per heavy atom. The Labute approximate surface area is 127 Å². The maximum atomic E-state index is 5.63. The zero-order chi connectivity index (χ0) is 15.1. The smallest absolute Gasteiger partial charge is 0.234 e. The normalized spacial score (nSPS) is 17.0. The summed E-state index contributed by atoms with van der Waals surface area (Å²) in [6.07, 6.45) is 5.82. The van der Waals surface area contributed by atoms with E-state index in [4.69, 9.17) is 10.5 Å². The van der Waals surface area contributed by atoms with Crippen molar-refractivity contribution in [1.29, 1.82) is 0 Å². The standard InChI is InChI=1S/C15H27N5O/c1-13(2)21-15-12-17-11-14(18-15)20-8-4-7-19(9-10-20)6-3-5-16/h11-13H,3-10,16H2,1-2H3. The van der Waals surface area contributed by atoms with Crippen molar-refractivity contribution in [3.05, 3.63) is 12.4 Å². The predicted molar refractivity (Wildman–Crippen MR) is 84.7 cm³/mol. The van der Waals surface area contributed by atoms with E-state index in [-0.39, 0.29) is 6.10 Å². The molecule has 1 aromatic rings. The molecule has 1 saturated heterocycles. The van der Waals surface area contributed by atoms with E-state index in [9.17, 15) is 0 Å². The molecule has 21 heavy (non-hydrogen) atoms. The number of aromatic nitrogens is 2. The third-order valence-corrected chi connectivity index (χ3v) is 3.55. The summed E-state index contributed by atoms with van der Waals surface area (Å²) in [6.45, 7) is 10.0. The zero-order valence-electron chi connectivity index (χ0n) is 13.2. The van der Waals surface area contributed by atoms with Gasteiger partial charge in [0.1, 0.15) is 0 Å². The highest BCUT2D eigenvalue weighted by atomic mass is 16.5. The van der Waals surface area contributed by atoms with Crippen LogP contribution < -0.4 is 15.4 Å². The lowest BCUT2D eigenvalue weighted by Crippen LogP contribution is -2.32. The summed E-state index contributed by atoms with van der Waals surface area (Å²) in [7, 11) is 0. The van der Waals surface area contributed by atoms with Gasteiger partial charge in [-0.25, -0.2) is 0 Å². The number of nitrogens with zero attached hydrogens (tertiary/aromatic N) is 4. The second kappa shape index (κ2) is 8.14. The second-order valence-corrected chi connectivity index (χ2v) is 5.71. The zero-order valence-corrected chi connectivity index (χ0v) is 13.2. The number of hydrogen-bond donors (Lipinski definition) is 1. The lowest BCUT2D eigenvalue weighted by Gasteiger charge is -2.22. The van der Waals surface area contributed by atoms with Gasteiger partial charge in [-0.15, -0.1) is 0 Å². The third-order valence-electron chi connectivity index (χ3n) is 3.55. The Balaban J connectivity index is 1.95. The Morgan fingerprint density at radius 3 is 2.86 bits per heavy atom. The summed E-state index contributed by atoms with van der Waals surface area (Å²) in [5.41, 5.74) is 5.59. The molecule has 1 fully saturated rings. The molecule has 0 aromatic carbocycles. The van der Waals surface area contributed by atoms with Gasteiger partial charge in [0.15, 0.2) is 5.82 Å². The van der Waals surface area contributed by atoms with Crippen molar-refractivity contribution in [3.8, 4) is 5.88 Å². The van der Waals surface area contributed by atoms with Crippen LogP contribution in [0.3, 0.4) is 0 Å². The van der Waals surface area contributed by atoms with Crippen LogP contribution >= 0.6 is 0 Å². The molecule has 2 N–H and O–H groups in total. The summed E-state index contributed by atoms with van der Waals surface area (Å²) in [6, 6.07) is 0. The van der Waals surface area contributed by atoms with Crippen LogP contribution in [0.1, 0.15) is 26.7 Å². The fourth-order valence-corrected chi connectivity index (χ4v) is 2.53. The molecule has 118 valence electrons. The van der Waals surface area contributed by atoms with Crippen LogP contribution in [0.4, 0.5) is 5.82 Å². The molecule has 6 heteroatoms. The molecule has 0 unspecified atom stereocenters. The quantitative estimate of drug-likeness (QED) is 0.848. The van der Waals surface area contributed by atoms with Gasteiger partial charge in [-0.1, -0.05) is 0 Å². The van der Waals surface area contributed by atoms with E-state index in [1.54, 1.807) is 6.20 Å². The van der Waals surface area contributed by atoms with E-state index in [0.717, 1.165) is 57.9 Å². The van der Waals surface area contributed by atoms with E-state index in [1.807, 2.05) is 20.0 Å². The minimum Gasteiger partial charge on any atom is -0.474 e. The SMILES string of the molecule is CC(C)Oc1cncc(N2CCCN(CCCN)CC2)n1. The van der Waals surface area contributed by atoms with E-state index in [2.05, 4.69) is 19.8 Å². The molecule has 1 aliphatic heterocycles. The van der Waals surface area contributed by atoms with Crippen molar-refractivity contribution in [2.45, 2.75) is 32.8 Å². The molecule has 2 heterocycles. The molecule has 6 nitrogen and oxygen atoms in total. The third kappa shape index (κ3) is 5.13. The molecule has 1 aromatic heterocycles. The monoisotopic (exact) mass is 293 g/mol. The topological polar surface area (TPSA) is 67.5 Å². The van der Waals surface area contributed by atoms with Crippen LogP contribution in [0.25, 0.3) is 0 Å². The highest BCUT2D eigenvalue weighted by Gasteiger charge is 2.16. The first-order valence-electron chi connectivity index (χ1n) is 7.85. The molecular weight excluding hydrogens is 266 g/mol. The molecule has 0 spiro atoms. The summed E-state index contributed by atoms with van der Waals surface area (Å²) in [5.74, 6) is 1.51. The molecule has 0 amide bonds. The van der Waals surface area contributed by atoms with Gasteiger partial charge in [-0.05, 0) is 46.3 Å². The second-order valence-electron chi connectivity index (χ2n) is 5.71. The van der Waals surface area contributed by atoms with Crippen molar-refractivity contribution >= 4 is 5.82 Å². The average molecular weight is 293 g/mol. The maximum absolute atomic E-state index is 5.63. The molecular formula is C15H27N5O. The number of ether oxygens (including phenoxy) is 1. The van der Waals surface area contributed by atoms with Crippen molar-refractivity contribution in [2.75, 3.05) is 44.2 Å². The van der Waals surface area contributed by atoms with E-state index < -0.39 is 0 Å². The summed E-state index contributed by atoms with van der Waals surface area (Å²) < 4.78 is 5.63. The molecule has 0 saturated carbocycles. The van der Waals surface area contributed by atoms with Crippen LogP contribution in [-0.4, -0.2) is 60.2 Å². The predicted octanol–water partition coefficient (Wildman–Crippen LogP) is 1.12. The van der Waals surface area contributed by atoms with Gasteiger partial charge in [-0.3, -0.25) is 4.98 Å². The minimum absolute atomic E-state index is 0.116. The summed E-state index contributed by atoms with van der Waals surface area (Å²) in [4.78, 5) is 13.6. The van der Waals surface area contributed by atoms with Crippen LogP contribution in [0.15, 0.2) is 12.4 Å². The maximum Gasteiger partial charge on any atom is 0.234 e. The fraction of sp³-hybridized carbons (Fsp3) is 0.733. The van der Waals surface area contributed by atoms with Gasteiger partial charge in [0.2, 0.25) is 5.88 Å². The first-order chi connectivity index (χ1) is 10.2. The van der Waals surface area contributed by atoms with Gasteiger partial charge in [0.05, 0.1) is 18.5 Å². The highest BCUT2D eigenvalue weighted by Crippen LogP contribution is 2.17. The lowest BCUT2D eigenvalue weighted by atomic mass is 10.3. The van der Waals surface area contributed by atoms with E-state index >= 15 is 0 Å². The van der Waals surface area contributed by atoms with Crippen LogP contribution in [0.5, 0.6) is 5.88 Å². The summed E-state index contributed by atoms with van der Waals surface area (Å²) in [5, 5.41) is 0. The van der Waals surface area contributed by atoms with Gasteiger partial charge >= 0.3 is 0 Å². The van der Waals surface area contributed by atoms with Crippen LogP contribution in [0, 0.1) is 0 Å². The molecule has 2 rings (SSSR count). The molecule has 0 atom stereocenters. The van der Waals surface area contributed by atoms with Gasteiger partial charge in [-0.2, -0.15) is 4.98 Å². The Bertz CT molecular complexity index is 426. The van der Waals surface area contributed by atoms with Crippen LogP contribution in [-0.2, 0) is 0 Å². The number of anilines is 1. The van der Waals surface area contributed by atoms with Crippen molar-refractivity contribution in [1.82, 2.24) is 14.9 Å². The van der Waals surface area contributed by atoms with Gasteiger partial charge < -0.3 is 20.3 Å². The first-order valence-corrected chi connectivity index (χ1v) is 7.85. The molecule has 0 aliphatic carbocycles. The average Bonchev–Trinajstić information content (AvgIpc) is 2.70. The fourth-order valence-electron chi connectivity index (χ4n) is 2.53. The van der Waals surface area contributed by atoms with Crippen molar-refractivity contribution < 1.29 is 4.74 Å². The Morgan fingerprint density at radius 1 is 1.24 bits per heavy atom. The van der Waals surface area contributed by atoms with E-state index in [1.165, 1.54) is 0 Å². The first kappa shape index (κ1) is 16.0. The van der Waals surface area contributed by atoms with E-state index in [0.29, 0.717) is 5.88 Å². The van der Waals surface area contributed by atoms with Crippen molar-refractivity contribution in [3.63, 3.8) is 0 Å². The van der Waals surface area contributed by atoms with Crippen LogP contribution in [0.2, 0.25) is 0 Å². The van der Waals surface area contributed by atoms with Gasteiger partial charge in [0, 0.05) is 19.6 Å². The summed E-state index contributed by atoms with van der Waals surface area (Å²) >= 11 is 0.